The molecular weight excluding hydrogens is 456 g/mol. The standard InChI is InChI=1S/C27H24N6O3/c1-27(18-17-19-11-5-2-6-12-19)25(35)33(26(36)29-27)31-24(34)22-28-23(20-13-7-3-8-14-20)32(30-22)21-15-9-4-10-16-21/h2-16H,17-18H2,1H3,(H,29,36)(H,31,34). The first kappa shape index (κ1) is 23.0. The Balaban J connectivity index is 1.37. The number of rotatable bonds is 7. The summed E-state index contributed by atoms with van der Waals surface area (Å²) in [4.78, 5) is 43.3. The fourth-order valence-electron chi connectivity index (χ4n) is 4.08. The van der Waals surface area contributed by atoms with Crippen LogP contribution in [0.5, 0.6) is 0 Å². The monoisotopic (exact) mass is 480 g/mol. The Labute approximate surface area is 207 Å². The third-order valence-electron chi connectivity index (χ3n) is 6.07. The van der Waals surface area contributed by atoms with Crippen LogP contribution >= 0.6 is 0 Å². The van der Waals surface area contributed by atoms with Crippen molar-refractivity contribution in [3.05, 3.63) is 102 Å². The van der Waals surface area contributed by atoms with E-state index in [2.05, 4.69) is 20.8 Å². The number of urea groups is 1. The Kier molecular flexibility index (Phi) is 6.03. The Morgan fingerprint density at radius 3 is 2.19 bits per heavy atom. The average molecular weight is 481 g/mol. The molecule has 9 nitrogen and oxygen atoms in total. The van der Waals surface area contributed by atoms with Gasteiger partial charge >= 0.3 is 11.9 Å². The molecule has 1 aromatic heterocycles. The van der Waals surface area contributed by atoms with Crippen molar-refractivity contribution in [1.82, 2.24) is 30.5 Å². The number of aromatic nitrogens is 3. The molecule has 2 N–H and O–H groups in total. The van der Waals surface area contributed by atoms with Crippen LogP contribution in [0.2, 0.25) is 0 Å². The lowest BCUT2D eigenvalue weighted by Crippen LogP contribution is -2.49. The molecule has 36 heavy (non-hydrogen) atoms. The predicted octanol–water partition coefficient (Wildman–Crippen LogP) is 3.52. The molecule has 1 unspecified atom stereocenters. The van der Waals surface area contributed by atoms with Crippen molar-refractivity contribution in [2.24, 2.45) is 0 Å². The number of benzene rings is 3. The van der Waals surface area contributed by atoms with Crippen LogP contribution in [0.3, 0.4) is 0 Å². The molecule has 0 bridgehead atoms. The second-order valence-electron chi connectivity index (χ2n) is 8.70. The molecule has 4 aromatic rings. The van der Waals surface area contributed by atoms with E-state index in [0.717, 1.165) is 11.1 Å². The smallest absolute Gasteiger partial charge is 0.322 e. The van der Waals surface area contributed by atoms with Gasteiger partial charge in [0.15, 0.2) is 5.82 Å². The molecular formula is C27H24N6O3. The number of carbonyl (C=O) groups is 3. The maximum absolute atomic E-state index is 13.1. The van der Waals surface area contributed by atoms with Crippen molar-refractivity contribution in [2.45, 2.75) is 25.3 Å². The number of carbonyl (C=O) groups excluding carboxylic acids is 3. The fourth-order valence-corrected chi connectivity index (χ4v) is 4.08. The van der Waals surface area contributed by atoms with Gasteiger partial charge in [-0.25, -0.2) is 19.9 Å². The molecule has 0 radical (unpaired) electrons. The molecule has 2 heterocycles. The van der Waals surface area contributed by atoms with Gasteiger partial charge in [0, 0.05) is 5.56 Å². The average Bonchev–Trinajstić information content (AvgIpc) is 3.45. The number of nitrogens with zero attached hydrogens (tertiary/aromatic N) is 4. The summed E-state index contributed by atoms with van der Waals surface area (Å²) in [5.74, 6) is -1.02. The molecule has 0 saturated carbocycles. The van der Waals surface area contributed by atoms with Crippen LogP contribution in [-0.4, -0.2) is 43.2 Å². The second kappa shape index (κ2) is 9.46. The SMILES string of the molecule is CC1(CCc2ccccc2)NC(=O)N(NC(=O)c2nc(-c3ccccc3)n(-c3ccccc3)n2)C1=O. The van der Waals surface area contributed by atoms with Gasteiger partial charge < -0.3 is 5.32 Å². The second-order valence-corrected chi connectivity index (χ2v) is 8.70. The minimum Gasteiger partial charge on any atom is -0.322 e. The van der Waals surface area contributed by atoms with Gasteiger partial charge in [0.05, 0.1) is 5.69 Å². The molecule has 9 heteroatoms. The summed E-state index contributed by atoms with van der Waals surface area (Å²) in [5.41, 5.74) is 3.76. The minimum atomic E-state index is -1.15. The van der Waals surface area contributed by atoms with Crippen molar-refractivity contribution in [2.75, 3.05) is 0 Å². The van der Waals surface area contributed by atoms with Crippen LogP contribution in [-0.2, 0) is 11.2 Å². The van der Waals surface area contributed by atoms with Crippen molar-refractivity contribution < 1.29 is 14.4 Å². The van der Waals surface area contributed by atoms with Crippen LogP contribution in [0.1, 0.15) is 29.5 Å². The molecule has 1 aliphatic rings. The Morgan fingerprint density at radius 1 is 0.917 bits per heavy atom. The highest BCUT2D eigenvalue weighted by Crippen LogP contribution is 2.24. The van der Waals surface area contributed by atoms with E-state index in [1.54, 1.807) is 11.6 Å². The van der Waals surface area contributed by atoms with Gasteiger partial charge in [0.25, 0.3) is 5.91 Å². The van der Waals surface area contributed by atoms with Gasteiger partial charge in [-0.3, -0.25) is 9.59 Å². The first-order valence-electron chi connectivity index (χ1n) is 11.5. The first-order valence-corrected chi connectivity index (χ1v) is 11.5. The molecule has 1 atom stereocenters. The van der Waals surface area contributed by atoms with Crippen LogP contribution in [0.15, 0.2) is 91.0 Å². The largest absolute Gasteiger partial charge is 0.344 e. The number of aryl methyl sites for hydroxylation is 1. The van der Waals surface area contributed by atoms with Crippen LogP contribution < -0.4 is 10.7 Å². The van der Waals surface area contributed by atoms with E-state index in [1.807, 2.05) is 91.0 Å². The summed E-state index contributed by atoms with van der Waals surface area (Å²) < 4.78 is 1.56. The van der Waals surface area contributed by atoms with E-state index in [-0.39, 0.29) is 5.82 Å². The molecule has 0 aliphatic carbocycles. The minimum absolute atomic E-state index is 0.170. The molecule has 1 aliphatic heterocycles. The maximum atomic E-state index is 13.1. The zero-order valence-electron chi connectivity index (χ0n) is 19.6. The molecule has 5 rings (SSSR count). The van der Waals surface area contributed by atoms with Gasteiger partial charge in [-0.2, -0.15) is 5.01 Å². The lowest BCUT2D eigenvalue weighted by Gasteiger charge is -2.21. The lowest BCUT2D eigenvalue weighted by atomic mass is 9.93. The number of nitrogens with one attached hydrogen (secondary N) is 2. The highest BCUT2D eigenvalue weighted by molar-refractivity contribution is 6.08. The number of hydrogen-bond acceptors (Lipinski definition) is 5. The summed E-state index contributed by atoms with van der Waals surface area (Å²) in [7, 11) is 0. The van der Waals surface area contributed by atoms with Crippen LogP contribution in [0.25, 0.3) is 17.1 Å². The summed E-state index contributed by atoms with van der Waals surface area (Å²) >= 11 is 0. The summed E-state index contributed by atoms with van der Waals surface area (Å²) in [6.07, 6.45) is 0.974. The van der Waals surface area contributed by atoms with Crippen molar-refractivity contribution >= 4 is 17.8 Å². The Hall–Kier alpha value is -4.79. The Morgan fingerprint density at radius 2 is 1.53 bits per heavy atom. The van der Waals surface area contributed by atoms with Gasteiger partial charge in [0.1, 0.15) is 5.54 Å². The normalized spacial score (nSPS) is 17.2. The summed E-state index contributed by atoms with van der Waals surface area (Å²) in [5, 5.41) is 7.79. The zero-order chi connectivity index (χ0) is 25.1. The van der Waals surface area contributed by atoms with E-state index < -0.39 is 23.4 Å². The zero-order valence-corrected chi connectivity index (χ0v) is 19.6. The van der Waals surface area contributed by atoms with E-state index >= 15 is 0 Å². The van der Waals surface area contributed by atoms with E-state index in [4.69, 9.17) is 0 Å². The first-order chi connectivity index (χ1) is 17.4. The molecule has 0 spiro atoms. The van der Waals surface area contributed by atoms with Crippen LogP contribution in [0.4, 0.5) is 4.79 Å². The van der Waals surface area contributed by atoms with E-state index in [0.29, 0.717) is 29.4 Å². The van der Waals surface area contributed by atoms with E-state index in [1.165, 1.54) is 0 Å². The Bertz CT molecular complexity index is 1350. The van der Waals surface area contributed by atoms with Crippen molar-refractivity contribution in [1.29, 1.82) is 0 Å². The highest BCUT2D eigenvalue weighted by Gasteiger charge is 2.48. The molecule has 3 aromatic carbocycles. The number of amides is 4. The van der Waals surface area contributed by atoms with Crippen LogP contribution in [0, 0.1) is 0 Å². The van der Waals surface area contributed by atoms with Crippen molar-refractivity contribution in [3.8, 4) is 17.1 Å². The number of para-hydroxylation sites is 1. The van der Waals surface area contributed by atoms with Gasteiger partial charge in [-0.1, -0.05) is 78.9 Å². The fraction of sp³-hybridized carbons (Fsp3) is 0.148. The van der Waals surface area contributed by atoms with Crippen molar-refractivity contribution in [3.63, 3.8) is 0 Å². The third kappa shape index (κ3) is 4.46. The quantitative estimate of drug-likeness (QED) is 0.394. The topological polar surface area (TPSA) is 109 Å². The number of hydrogen-bond donors (Lipinski definition) is 2. The maximum Gasteiger partial charge on any atom is 0.344 e. The van der Waals surface area contributed by atoms with E-state index in [9.17, 15) is 14.4 Å². The lowest BCUT2D eigenvalue weighted by molar-refractivity contribution is -0.132. The molecule has 1 fully saturated rings. The van der Waals surface area contributed by atoms with Gasteiger partial charge in [-0.05, 0) is 37.5 Å². The molecule has 4 amide bonds. The predicted molar refractivity (Wildman–Crippen MR) is 133 cm³/mol. The summed E-state index contributed by atoms with van der Waals surface area (Å²) in [6.45, 7) is 1.65. The van der Waals surface area contributed by atoms with Gasteiger partial charge in [0.2, 0.25) is 5.82 Å². The number of imide groups is 1. The number of hydrazine groups is 1. The third-order valence-corrected chi connectivity index (χ3v) is 6.07. The van der Waals surface area contributed by atoms with Gasteiger partial charge in [-0.15, -0.1) is 5.10 Å². The molecule has 1 saturated heterocycles. The molecule has 180 valence electrons. The highest BCUT2D eigenvalue weighted by atomic mass is 16.2. The summed E-state index contributed by atoms with van der Waals surface area (Å²) in [6, 6.07) is 27.6.